The van der Waals surface area contributed by atoms with E-state index in [0.29, 0.717) is 16.5 Å². The molecule has 0 saturated heterocycles. The van der Waals surface area contributed by atoms with Gasteiger partial charge in [-0.25, -0.2) is 9.97 Å². The van der Waals surface area contributed by atoms with Crippen LogP contribution in [0.5, 0.6) is 5.19 Å². The lowest BCUT2D eigenvalue weighted by atomic mass is 10.1. The number of nitrogens with two attached hydrogens (primary N) is 1. The lowest BCUT2D eigenvalue weighted by Gasteiger charge is -2.03. The maximum Gasteiger partial charge on any atom is 0.309 e. The summed E-state index contributed by atoms with van der Waals surface area (Å²) in [4.78, 5) is 20.5. The van der Waals surface area contributed by atoms with Crippen LogP contribution in [0.25, 0.3) is 21.7 Å². The highest BCUT2D eigenvalue weighted by molar-refractivity contribution is 7.17. The first-order valence-corrected chi connectivity index (χ1v) is 7.89. The van der Waals surface area contributed by atoms with Crippen molar-refractivity contribution >= 4 is 34.7 Å². The Morgan fingerprint density at radius 1 is 1.26 bits per heavy atom. The molecule has 1 aromatic carbocycles. The Morgan fingerprint density at radius 2 is 2.09 bits per heavy atom. The largest absolute Gasteiger partial charge is 0.398 e. The number of aromatic nitrogens is 2. The first-order valence-electron chi connectivity index (χ1n) is 6.70. The third-order valence-electron chi connectivity index (χ3n) is 2.98. The maximum atomic E-state index is 11.2. The number of esters is 1. The monoisotopic (exact) mass is 345 g/mol. The molecule has 0 fully saturated rings. The van der Waals surface area contributed by atoms with Crippen molar-refractivity contribution in [3.8, 4) is 26.9 Å². The van der Waals surface area contributed by atoms with Crippen LogP contribution in [0.1, 0.15) is 6.92 Å². The van der Waals surface area contributed by atoms with Gasteiger partial charge >= 0.3 is 5.97 Å². The number of rotatable bonds is 3. The predicted octanol–water partition coefficient (Wildman–Crippen LogP) is 4.03. The molecule has 0 saturated carbocycles. The van der Waals surface area contributed by atoms with Crippen LogP contribution >= 0.6 is 22.9 Å². The molecule has 7 heteroatoms. The number of nitrogen functional groups attached to an aromatic ring is 1. The summed E-state index contributed by atoms with van der Waals surface area (Å²) in [7, 11) is 0. The van der Waals surface area contributed by atoms with Gasteiger partial charge in [0.1, 0.15) is 5.82 Å². The van der Waals surface area contributed by atoms with Gasteiger partial charge in [-0.3, -0.25) is 4.79 Å². The number of benzene rings is 1. The Hall–Kier alpha value is -2.44. The van der Waals surface area contributed by atoms with Crippen molar-refractivity contribution in [3.63, 3.8) is 0 Å². The predicted molar refractivity (Wildman–Crippen MR) is 91.5 cm³/mol. The molecule has 0 unspecified atom stereocenters. The van der Waals surface area contributed by atoms with Crippen LogP contribution in [0, 0.1) is 0 Å². The van der Waals surface area contributed by atoms with Gasteiger partial charge in [-0.2, -0.15) is 0 Å². The van der Waals surface area contributed by atoms with Gasteiger partial charge in [0.25, 0.3) is 5.19 Å². The standard InChI is InChI=1S/C16H12ClN3O2S/c1-9(21)22-16-20-14(10-3-2-4-12(17)7-10)15(23-16)11-5-6-19-13(18)8-11/h2-8H,1H3,(H2,18,19). The van der Waals surface area contributed by atoms with Crippen molar-refractivity contribution in [1.29, 1.82) is 0 Å². The average Bonchev–Trinajstić information content (AvgIpc) is 2.90. The first-order chi connectivity index (χ1) is 11.0. The molecule has 3 rings (SSSR count). The van der Waals surface area contributed by atoms with E-state index in [1.165, 1.54) is 18.3 Å². The summed E-state index contributed by atoms with van der Waals surface area (Å²) in [6.07, 6.45) is 1.62. The van der Waals surface area contributed by atoms with E-state index in [4.69, 9.17) is 22.1 Å². The van der Waals surface area contributed by atoms with Gasteiger partial charge in [-0.05, 0) is 29.8 Å². The number of carbonyl (C=O) groups excluding carboxylic acids is 1. The zero-order chi connectivity index (χ0) is 16.4. The number of hydrogen-bond donors (Lipinski definition) is 1. The molecule has 3 aromatic rings. The number of thiazole rings is 1. The summed E-state index contributed by atoms with van der Waals surface area (Å²) in [5.74, 6) is -0.0147. The van der Waals surface area contributed by atoms with E-state index in [-0.39, 0.29) is 5.19 Å². The summed E-state index contributed by atoms with van der Waals surface area (Å²) in [5.41, 5.74) is 8.12. The van der Waals surface area contributed by atoms with Crippen LogP contribution in [0.4, 0.5) is 5.82 Å². The van der Waals surface area contributed by atoms with Crippen LogP contribution in [0.3, 0.4) is 0 Å². The van der Waals surface area contributed by atoms with Crippen molar-refractivity contribution in [1.82, 2.24) is 9.97 Å². The van der Waals surface area contributed by atoms with Crippen molar-refractivity contribution in [2.45, 2.75) is 6.92 Å². The van der Waals surface area contributed by atoms with E-state index in [1.807, 2.05) is 24.3 Å². The molecule has 23 heavy (non-hydrogen) atoms. The molecule has 2 aromatic heterocycles. The number of hydrogen-bond acceptors (Lipinski definition) is 6. The summed E-state index contributed by atoms with van der Waals surface area (Å²) < 4.78 is 5.13. The minimum absolute atomic E-state index is 0.276. The maximum absolute atomic E-state index is 11.2. The number of halogens is 1. The van der Waals surface area contributed by atoms with Crippen LogP contribution < -0.4 is 10.5 Å². The van der Waals surface area contributed by atoms with Crippen molar-refractivity contribution in [2.24, 2.45) is 0 Å². The van der Waals surface area contributed by atoms with E-state index in [2.05, 4.69) is 9.97 Å². The Labute approximate surface area is 141 Å². The number of anilines is 1. The Balaban J connectivity index is 2.16. The second kappa shape index (κ2) is 6.36. The quantitative estimate of drug-likeness (QED) is 0.725. The van der Waals surface area contributed by atoms with E-state index >= 15 is 0 Å². The van der Waals surface area contributed by atoms with Gasteiger partial charge < -0.3 is 10.5 Å². The highest BCUT2D eigenvalue weighted by atomic mass is 35.5. The average molecular weight is 346 g/mol. The van der Waals surface area contributed by atoms with Crippen molar-refractivity contribution in [2.75, 3.05) is 5.73 Å². The number of carbonyl (C=O) groups is 1. The van der Waals surface area contributed by atoms with Crippen LogP contribution in [-0.4, -0.2) is 15.9 Å². The Bertz CT molecular complexity index is 816. The van der Waals surface area contributed by atoms with Gasteiger partial charge in [0.2, 0.25) is 0 Å². The second-order valence-corrected chi connectivity index (χ2v) is 6.13. The second-order valence-electron chi connectivity index (χ2n) is 4.73. The Morgan fingerprint density at radius 3 is 2.78 bits per heavy atom. The summed E-state index contributed by atoms with van der Waals surface area (Å²) in [6, 6.07) is 10.9. The summed E-state index contributed by atoms with van der Waals surface area (Å²) in [6.45, 7) is 1.34. The summed E-state index contributed by atoms with van der Waals surface area (Å²) in [5, 5.41) is 0.877. The normalized spacial score (nSPS) is 10.5. The molecule has 0 spiro atoms. The molecule has 2 heterocycles. The first kappa shape index (κ1) is 15.5. The molecule has 5 nitrogen and oxygen atoms in total. The van der Waals surface area contributed by atoms with Crippen molar-refractivity contribution in [3.05, 3.63) is 47.6 Å². The van der Waals surface area contributed by atoms with Crippen LogP contribution in [-0.2, 0) is 4.79 Å². The zero-order valence-electron chi connectivity index (χ0n) is 12.1. The molecule has 2 N–H and O–H groups in total. The SMILES string of the molecule is CC(=O)Oc1nc(-c2cccc(Cl)c2)c(-c2ccnc(N)c2)s1. The van der Waals surface area contributed by atoms with E-state index in [1.54, 1.807) is 18.3 Å². The highest BCUT2D eigenvalue weighted by Gasteiger charge is 2.17. The Kier molecular flexibility index (Phi) is 4.27. The molecular weight excluding hydrogens is 334 g/mol. The van der Waals surface area contributed by atoms with Gasteiger partial charge in [-0.15, -0.1) is 0 Å². The fourth-order valence-corrected chi connectivity index (χ4v) is 3.25. The molecule has 0 radical (unpaired) electrons. The third kappa shape index (κ3) is 3.49. The fourth-order valence-electron chi connectivity index (χ4n) is 2.08. The van der Waals surface area contributed by atoms with E-state index < -0.39 is 5.97 Å². The fraction of sp³-hybridized carbons (Fsp3) is 0.0625. The number of pyridine rings is 1. The van der Waals surface area contributed by atoms with E-state index in [9.17, 15) is 4.79 Å². The molecule has 0 atom stereocenters. The smallest absolute Gasteiger partial charge is 0.309 e. The molecule has 0 aliphatic heterocycles. The van der Waals surface area contributed by atoms with Crippen LogP contribution in [0.15, 0.2) is 42.6 Å². The lowest BCUT2D eigenvalue weighted by molar-refractivity contribution is -0.131. The molecule has 0 bridgehead atoms. The molecule has 0 aliphatic rings. The molecule has 116 valence electrons. The van der Waals surface area contributed by atoms with Gasteiger partial charge in [0, 0.05) is 23.7 Å². The topological polar surface area (TPSA) is 78.1 Å². The van der Waals surface area contributed by atoms with Gasteiger partial charge in [0.05, 0.1) is 10.6 Å². The molecular formula is C16H12ClN3O2S. The third-order valence-corrected chi connectivity index (χ3v) is 4.20. The minimum atomic E-state index is -0.419. The molecule has 0 amide bonds. The van der Waals surface area contributed by atoms with Crippen molar-refractivity contribution < 1.29 is 9.53 Å². The molecule has 0 aliphatic carbocycles. The number of ether oxygens (including phenoxy) is 1. The van der Waals surface area contributed by atoms with Gasteiger partial charge in [-0.1, -0.05) is 35.1 Å². The van der Waals surface area contributed by atoms with E-state index in [0.717, 1.165) is 16.0 Å². The zero-order valence-corrected chi connectivity index (χ0v) is 13.7. The summed E-state index contributed by atoms with van der Waals surface area (Å²) >= 11 is 7.34. The van der Waals surface area contributed by atoms with Gasteiger partial charge in [0.15, 0.2) is 0 Å². The lowest BCUT2D eigenvalue weighted by Crippen LogP contribution is -2.00. The number of nitrogens with zero attached hydrogens (tertiary/aromatic N) is 2. The highest BCUT2D eigenvalue weighted by Crippen LogP contribution is 2.40. The van der Waals surface area contributed by atoms with Crippen LogP contribution in [0.2, 0.25) is 5.02 Å². The minimum Gasteiger partial charge on any atom is -0.398 e.